The lowest BCUT2D eigenvalue weighted by atomic mass is 9.93. The van der Waals surface area contributed by atoms with Gasteiger partial charge in [0.2, 0.25) is 10.1 Å². The zero-order valence-corrected chi connectivity index (χ0v) is 14.5. The van der Waals surface area contributed by atoms with E-state index in [-0.39, 0.29) is 17.0 Å². The van der Waals surface area contributed by atoms with Crippen LogP contribution in [0.1, 0.15) is 44.4 Å². The maximum Gasteiger partial charge on any atom is 0.275 e. The Hall–Kier alpha value is -1.80. The second-order valence-electron chi connectivity index (χ2n) is 6.07. The molecule has 0 spiro atoms. The summed E-state index contributed by atoms with van der Waals surface area (Å²) in [6.07, 6.45) is 1.50. The average molecular weight is 335 g/mol. The molecule has 116 valence electrons. The molecule has 0 saturated heterocycles. The van der Waals surface area contributed by atoms with Crippen LogP contribution < -0.4 is 10.9 Å². The highest BCUT2D eigenvalue weighted by Crippen LogP contribution is 2.29. The van der Waals surface area contributed by atoms with Gasteiger partial charge in [-0.25, -0.2) is 9.97 Å². The van der Waals surface area contributed by atoms with Crippen molar-refractivity contribution in [3.8, 4) is 0 Å². The summed E-state index contributed by atoms with van der Waals surface area (Å²) < 4.78 is 1.31. The third-order valence-electron chi connectivity index (χ3n) is 3.17. The van der Waals surface area contributed by atoms with Gasteiger partial charge in [0.25, 0.3) is 5.56 Å². The Bertz CT molecular complexity index is 858. The van der Waals surface area contributed by atoms with Crippen molar-refractivity contribution in [1.29, 1.82) is 0 Å². The predicted octanol–water partition coefficient (Wildman–Crippen LogP) is 3.08. The highest BCUT2D eigenvalue weighted by molar-refractivity contribution is 7.20. The lowest BCUT2D eigenvalue weighted by molar-refractivity contribution is 0.569. The Kier molecular flexibility index (Phi) is 3.73. The van der Waals surface area contributed by atoms with Gasteiger partial charge < -0.3 is 5.32 Å². The number of nitrogens with zero attached hydrogens (tertiary/aromatic N) is 4. The smallest absolute Gasteiger partial charge is 0.275 e. The largest absolute Gasteiger partial charge is 0.351 e. The standard InChI is InChI=1S/C14H17N5OS2/c1-8(11-17-9(7-21-11)14(2,3)4)16-12-18-19-10(20)5-6-15-13(19)22-12/h5-8H,1-4H3,(H,16,18). The Morgan fingerprint density at radius 3 is 2.77 bits per heavy atom. The molecule has 3 aromatic rings. The number of fused-ring (bicyclic) bond motifs is 1. The van der Waals surface area contributed by atoms with Crippen molar-refractivity contribution in [3.63, 3.8) is 0 Å². The summed E-state index contributed by atoms with van der Waals surface area (Å²) in [5, 5.41) is 11.3. The molecular weight excluding hydrogens is 318 g/mol. The molecule has 0 aliphatic carbocycles. The number of nitrogens with one attached hydrogen (secondary N) is 1. The highest BCUT2D eigenvalue weighted by Gasteiger charge is 2.20. The van der Waals surface area contributed by atoms with E-state index < -0.39 is 0 Å². The molecule has 3 aromatic heterocycles. The maximum absolute atomic E-state index is 11.7. The summed E-state index contributed by atoms with van der Waals surface area (Å²) in [5.41, 5.74) is 0.955. The Labute approximate surface area is 135 Å². The molecule has 6 nitrogen and oxygen atoms in total. The van der Waals surface area contributed by atoms with E-state index in [0.29, 0.717) is 10.1 Å². The number of thiazole rings is 1. The molecule has 1 atom stereocenters. The average Bonchev–Trinajstić information content (AvgIpc) is 3.04. The summed E-state index contributed by atoms with van der Waals surface area (Å²) in [5.74, 6) is 0. The van der Waals surface area contributed by atoms with Crippen LogP contribution >= 0.6 is 22.7 Å². The van der Waals surface area contributed by atoms with Crippen LogP contribution in [-0.2, 0) is 5.41 Å². The third-order valence-corrected chi connectivity index (χ3v) is 5.05. The zero-order valence-electron chi connectivity index (χ0n) is 12.8. The fourth-order valence-corrected chi connectivity index (χ4v) is 3.79. The van der Waals surface area contributed by atoms with Crippen molar-refractivity contribution in [3.05, 3.63) is 38.7 Å². The number of aromatic nitrogens is 4. The van der Waals surface area contributed by atoms with Crippen molar-refractivity contribution >= 4 is 32.8 Å². The molecule has 0 amide bonds. The van der Waals surface area contributed by atoms with Gasteiger partial charge in [-0.15, -0.1) is 16.4 Å². The van der Waals surface area contributed by atoms with Gasteiger partial charge in [-0.3, -0.25) is 4.79 Å². The number of rotatable bonds is 3. The molecule has 3 rings (SSSR count). The van der Waals surface area contributed by atoms with Crippen LogP contribution in [-0.4, -0.2) is 19.6 Å². The summed E-state index contributed by atoms with van der Waals surface area (Å²) in [4.78, 5) is 21.1. The van der Waals surface area contributed by atoms with E-state index in [9.17, 15) is 4.79 Å². The van der Waals surface area contributed by atoms with Gasteiger partial charge in [0.15, 0.2) is 0 Å². The highest BCUT2D eigenvalue weighted by atomic mass is 32.1. The fraction of sp³-hybridized carbons (Fsp3) is 0.429. The summed E-state index contributed by atoms with van der Waals surface area (Å²) in [7, 11) is 0. The molecule has 8 heteroatoms. The molecule has 0 aliphatic heterocycles. The molecule has 3 heterocycles. The Balaban J connectivity index is 1.83. The lowest BCUT2D eigenvalue weighted by Gasteiger charge is -2.15. The van der Waals surface area contributed by atoms with Crippen molar-refractivity contribution in [2.45, 2.75) is 39.2 Å². The molecule has 0 saturated carbocycles. The Morgan fingerprint density at radius 1 is 1.36 bits per heavy atom. The van der Waals surface area contributed by atoms with Crippen LogP contribution in [0, 0.1) is 0 Å². The van der Waals surface area contributed by atoms with E-state index in [0.717, 1.165) is 10.7 Å². The van der Waals surface area contributed by atoms with E-state index in [1.165, 1.54) is 28.1 Å². The van der Waals surface area contributed by atoms with Gasteiger partial charge in [-0.05, 0) is 6.92 Å². The van der Waals surface area contributed by atoms with Crippen LogP contribution in [0.25, 0.3) is 4.96 Å². The molecule has 0 fully saturated rings. The Morgan fingerprint density at radius 2 is 2.14 bits per heavy atom. The first-order valence-electron chi connectivity index (χ1n) is 6.92. The van der Waals surface area contributed by atoms with Crippen molar-refractivity contribution in [2.75, 3.05) is 5.32 Å². The van der Waals surface area contributed by atoms with E-state index >= 15 is 0 Å². The van der Waals surface area contributed by atoms with Crippen molar-refractivity contribution in [2.24, 2.45) is 0 Å². The fourth-order valence-electron chi connectivity index (χ4n) is 1.88. The maximum atomic E-state index is 11.7. The van der Waals surface area contributed by atoms with Gasteiger partial charge in [0, 0.05) is 23.1 Å². The van der Waals surface area contributed by atoms with Gasteiger partial charge in [0.1, 0.15) is 5.01 Å². The molecular formula is C14H17N5OS2. The first-order chi connectivity index (χ1) is 10.3. The normalized spacial score (nSPS) is 13.5. The van der Waals surface area contributed by atoms with Crippen molar-refractivity contribution < 1.29 is 0 Å². The molecule has 0 aromatic carbocycles. The molecule has 1 N–H and O–H groups in total. The summed E-state index contributed by atoms with van der Waals surface area (Å²) in [6, 6.07) is 1.42. The molecule has 0 bridgehead atoms. The SMILES string of the molecule is CC(Nc1nn2c(=O)ccnc2s1)c1nc(C(C)(C)C)cs1. The van der Waals surface area contributed by atoms with Crippen LogP contribution in [0.2, 0.25) is 0 Å². The van der Waals surface area contributed by atoms with E-state index in [1.807, 2.05) is 6.92 Å². The minimum absolute atomic E-state index is 0.0253. The summed E-state index contributed by atoms with van der Waals surface area (Å²) >= 11 is 2.99. The van der Waals surface area contributed by atoms with Crippen molar-refractivity contribution in [1.82, 2.24) is 19.6 Å². The van der Waals surface area contributed by atoms with Crippen LogP contribution in [0.5, 0.6) is 0 Å². The third kappa shape index (κ3) is 2.89. The number of hydrogen-bond donors (Lipinski definition) is 1. The van der Waals surface area contributed by atoms with Gasteiger partial charge >= 0.3 is 0 Å². The van der Waals surface area contributed by atoms with E-state index in [1.54, 1.807) is 11.3 Å². The molecule has 1 unspecified atom stereocenters. The summed E-state index contributed by atoms with van der Waals surface area (Å²) in [6.45, 7) is 8.48. The minimum Gasteiger partial charge on any atom is -0.351 e. The quantitative estimate of drug-likeness (QED) is 0.796. The number of anilines is 1. The van der Waals surface area contributed by atoms with Gasteiger partial charge in [-0.2, -0.15) is 4.52 Å². The van der Waals surface area contributed by atoms with Gasteiger partial charge in [-0.1, -0.05) is 32.1 Å². The second-order valence-corrected chi connectivity index (χ2v) is 7.92. The topological polar surface area (TPSA) is 72.2 Å². The zero-order chi connectivity index (χ0) is 15.9. The van der Waals surface area contributed by atoms with Crippen LogP contribution in [0.15, 0.2) is 22.4 Å². The second kappa shape index (κ2) is 5.44. The lowest BCUT2D eigenvalue weighted by Crippen LogP contribution is -2.14. The molecule has 0 aliphatic rings. The van der Waals surface area contributed by atoms with Crippen LogP contribution in [0.4, 0.5) is 5.13 Å². The first-order valence-corrected chi connectivity index (χ1v) is 8.61. The van der Waals surface area contributed by atoms with Crippen LogP contribution in [0.3, 0.4) is 0 Å². The monoisotopic (exact) mass is 335 g/mol. The predicted molar refractivity (Wildman–Crippen MR) is 90.0 cm³/mol. The molecule has 0 radical (unpaired) electrons. The minimum atomic E-state index is -0.175. The number of hydrogen-bond acceptors (Lipinski definition) is 7. The van der Waals surface area contributed by atoms with E-state index in [2.05, 4.69) is 41.6 Å². The first kappa shape index (κ1) is 15.1. The van der Waals surface area contributed by atoms with Gasteiger partial charge in [0.05, 0.1) is 11.7 Å². The molecule has 22 heavy (non-hydrogen) atoms. The van der Waals surface area contributed by atoms with E-state index in [4.69, 9.17) is 4.98 Å².